The zero-order valence-corrected chi connectivity index (χ0v) is 8.29. The average Bonchev–Trinajstić information content (AvgIpc) is 2.69. The van der Waals surface area contributed by atoms with Gasteiger partial charge in [0.15, 0.2) is 5.65 Å². The minimum atomic E-state index is -0.137. The molecule has 5 nitrogen and oxygen atoms in total. The molecule has 5 heteroatoms. The van der Waals surface area contributed by atoms with Crippen molar-refractivity contribution in [2.45, 2.75) is 0 Å². The van der Waals surface area contributed by atoms with E-state index in [0.717, 1.165) is 5.69 Å². The summed E-state index contributed by atoms with van der Waals surface area (Å²) in [4.78, 5) is 19.8. The van der Waals surface area contributed by atoms with Gasteiger partial charge in [-0.25, -0.2) is 14.6 Å². The summed E-state index contributed by atoms with van der Waals surface area (Å²) in [5.41, 5.74) is 1.19. The van der Waals surface area contributed by atoms with E-state index in [2.05, 4.69) is 15.1 Å². The number of fused-ring (bicyclic) bond motifs is 1. The molecule has 0 radical (unpaired) electrons. The highest BCUT2D eigenvalue weighted by molar-refractivity contribution is 5.72. The molecule has 0 aliphatic rings. The Morgan fingerprint density at radius 1 is 1.19 bits per heavy atom. The van der Waals surface area contributed by atoms with E-state index in [9.17, 15) is 4.79 Å². The van der Waals surface area contributed by atoms with Crippen LogP contribution in [0.1, 0.15) is 0 Å². The Morgan fingerprint density at radius 3 is 2.75 bits per heavy atom. The first kappa shape index (κ1) is 8.84. The number of hydrogen-bond donors (Lipinski definition) is 1. The van der Waals surface area contributed by atoms with Crippen LogP contribution < -0.4 is 5.56 Å². The summed E-state index contributed by atoms with van der Waals surface area (Å²) >= 11 is 0. The van der Waals surface area contributed by atoms with Crippen molar-refractivity contribution in [3.63, 3.8) is 0 Å². The van der Waals surface area contributed by atoms with E-state index in [1.54, 1.807) is 0 Å². The quantitative estimate of drug-likeness (QED) is 0.657. The predicted molar refractivity (Wildman–Crippen MR) is 59.5 cm³/mol. The van der Waals surface area contributed by atoms with Crippen LogP contribution in [0, 0.1) is 0 Å². The third kappa shape index (κ3) is 1.22. The fourth-order valence-electron chi connectivity index (χ4n) is 1.61. The van der Waals surface area contributed by atoms with Gasteiger partial charge in [-0.15, -0.1) is 0 Å². The predicted octanol–water partition coefficient (Wildman–Crippen LogP) is 1.11. The number of aromatic amines is 1. The largest absolute Gasteiger partial charge is 0.282 e. The van der Waals surface area contributed by atoms with Crippen LogP contribution in [0.5, 0.6) is 0 Å². The second kappa shape index (κ2) is 3.30. The number of nitrogens with one attached hydrogen (secondary N) is 1. The first-order valence-electron chi connectivity index (χ1n) is 4.82. The zero-order chi connectivity index (χ0) is 11.0. The van der Waals surface area contributed by atoms with Crippen molar-refractivity contribution in [3.05, 3.63) is 53.2 Å². The lowest BCUT2D eigenvalue weighted by atomic mass is 10.3. The van der Waals surface area contributed by atoms with Gasteiger partial charge in [0.2, 0.25) is 0 Å². The molecule has 0 aliphatic heterocycles. The number of hydrogen-bond acceptors (Lipinski definition) is 3. The summed E-state index contributed by atoms with van der Waals surface area (Å²) < 4.78 is 1.46. The van der Waals surface area contributed by atoms with Gasteiger partial charge in [0.05, 0.1) is 5.69 Å². The van der Waals surface area contributed by atoms with E-state index in [0.29, 0.717) is 11.0 Å². The fourth-order valence-corrected chi connectivity index (χ4v) is 1.61. The molecule has 1 N–H and O–H groups in total. The standard InChI is InChI=1S/C11H8N4O/c16-11-9-6-12-7-13-10(9)14-15(11)8-4-2-1-3-5-8/h1-7H,(H,12,13,14). The van der Waals surface area contributed by atoms with Gasteiger partial charge in [0.25, 0.3) is 5.56 Å². The highest BCUT2D eigenvalue weighted by atomic mass is 16.1. The average molecular weight is 212 g/mol. The monoisotopic (exact) mass is 212 g/mol. The van der Waals surface area contributed by atoms with Gasteiger partial charge >= 0.3 is 0 Å². The molecule has 3 aromatic rings. The Balaban J connectivity index is 2.34. The minimum absolute atomic E-state index is 0.137. The summed E-state index contributed by atoms with van der Waals surface area (Å²) in [6.07, 6.45) is 2.92. The van der Waals surface area contributed by atoms with E-state index >= 15 is 0 Å². The third-order valence-electron chi connectivity index (χ3n) is 2.38. The SMILES string of the molecule is O=c1c2cncnc2[nH]n1-c1ccccc1. The van der Waals surface area contributed by atoms with Crippen LogP contribution in [-0.2, 0) is 0 Å². The lowest BCUT2D eigenvalue weighted by Crippen LogP contribution is -2.13. The van der Waals surface area contributed by atoms with Crippen molar-refractivity contribution < 1.29 is 0 Å². The molecule has 16 heavy (non-hydrogen) atoms. The normalized spacial score (nSPS) is 10.8. The van der Waals surface area contributed by atoms with Crippen molar-refractivity contribution in [1.29, 1.82) is 0 Å². The number of nitrogens with zero attached hydrogens (tertiary/aromatic N) is 3. The maximum atomic E-state index is 12.0. The zero-order valence-electron chi connectivity index (χ0n) is 8.29. The molecule has 0 saturated carbocycles. The van der Waals surface area contributed by atoms with Crippen LogP contribution in [0.25, 0.3) is 16.7 Å². The van der Waals surface area contributed by atoms with E-state index in [-0.39, 0.29) is 5.56 Å². The van der Waals surface area contributed by atoms with Crippen LogP contribution in [0.4, 0.5) is 0 Å². The summed E-state index contributed by atoms with van der Waals surface area (Å²) in [5.74, 6) is 0. The maximum absolute atomic E-state index is 12.0. The number of rotatable bonds is 1. The van der Waals surface area contributed by atoms with Crippen molar-refractivity contribution in [2.75, 3.05) is 0 Å². The van der Waals surface area contributed by atoms with Gasteiger partial charge in [-0.1, -0.05) is 18.2 Å². The second-order valence-electron chi connectivity index (χ2n) is 3.37. The van der Waals surface area contributed by atoms with Gasteiger partial charge in [-0.2, -0.15) is 0 Å². The van der Waals surface area contributed by atoms with Crippen LogP contribution in [0.2, 0.25) is 0 Å². The molecular weight excluding hydrogens is 204 g/mol. The summed E-state index contributed by atoms with van der Waals surface area (Å²) in [6, 6.07) is 9.35. The van der Waals surface area contributed by atoms with Crippen molar-refractivity contribution in [2.24, 2.45) is 0 Å². The molecule has 78 valence electrons. The Labute approximate surface area is 90.4 Å². The number of H-pyrrole nitrogens is 1. The molecule has 1 aromatic carbocycles. The molecule has 0 fully saturated rings. The highest BCUT2D eigenvalue weighted by Crippen LogP contribution is 2.06. The van der Waals surface area contributed by atoms with E-state index in [1.165, 1.54) is 17.2 Å². The van der Waals surface area contributed by atoms with Crippen molar-refractivity contribution in [3.8, 4) is 5.69 Å². The molecule has 0 amide bonds. The van der Waals surface area contributed by atoms with Crippen LogP contribution in [0.15, 0.2) is 47.7 Å². The Morgan fingerprint density at radius 2 is 2.00 bits per heavy atom. The first-order valence-corrected chi connectivity index (χ1v) is 4.82. The fraction of sp³-hybridized carbons (Fsp3) is 0. The highest BCUT2D eigenvalue weighted by Gasteiger charge is 2.07. The van der Waals surface area contributed by atoms with Gasteiger partial charge in [0, 0.05) is 6.20 Å². The summed E-state index contributed by atoms with van der Waals surface area (Å²) in [5, 5.41) is 3.43. The van der Waals surface area contributed by atoms with Crippen molar-refractivity contribution >= 4 is 11.0 Å². The number of para-hydroxylation sites is 1. The topological polar surface area (TPSA) is 63.6 Å². The molecule has 0 saturated heterocycles. The van der Waals surface area contributed by atoms with Crippen LogP contribution in [0.3, 0.4) is 0 Å². The Kier molecular flexibility index (Phi) is 1.83. The van der Waals surface area contributed by atoms with Gasteiger partial charge in [-0.3, -0.25) is 9.89 Å². The number of benzene rings is 1. The molecule has 0 unspecified atom stereocenters. The molecule has 0 bridgehead atoms. The summed E-state index contributed by atoms with van der Waals surface area (Å²) in [7, 11) is 0. The third-order valence-corrected chi connectivity index (χ3v) is 2.38. The molecule has 0 aliphatic carbocycles. The molecule has 0 spiro atoms. The minimum Gasteiger partial charge on any atom is -0.273 e. The van der Waals surface area contributed by atoms with Gasteiger partial charge < -0.3 is 0 Å². The Hall–Kier alpha value is -2.43. The maximum Gasteiger partial charge on any atom is 0.282 e. The second-order valence-corrected chi connectivity index (χ2v) is 3.37. The number of aromatic nitrogens is 4. The molecule has 2 aromatic heterocycles. The van der Waals surface area contributed by atoms with Gasteiger partial charge in [-0.05, 0) is 12.1 Å². The van der Waals surface area contributed by atoms with Crippen LogP contribution in [-0.4, -0.2) is 19.7 Å². The van der Waals surface area contributed by atoms with Crippen molar-refractivity contribution in [1.82, 2.24) is 19.7 Å². The van der Waals surface area contributed by atoms with E-state index in [4.69, 9.17) is 0 Å². The molecule has 3 rings (SSSR count). The van der Waals surface area contributed by atoms with Gasteiger partial charge in [0.1, 0.15) is 11.7 Å². The van der Waals surface area contributed by atoms with Crippen LogP contribution >= 0.6 is 0 Å². The Bertz CT molecular complexity index is 684. The first-order chi connectivity index (χ1) is 7.86. The molecule has 0 atom stereocenters. The molecular formula is C11H8N4O. The van der Waals surface area contributed by atoms with E-state index in [1.807, 2.05) is 30.3 Å². The van der Waals surface area contributed by atoms with E-state index < -0.39 is 0 Å². The molecule has 2 heterocycles. The smallest absolute Gasteiger partial charge is 0.273 e. The lowest BCUT2D eigenvalue weighted by Gasteiger charge is -1.98. The lowest BCUT2D eigenvalue weighted by molar-refractivity contribution is 0.858. The summed E-state index contributed by atoms with van der Waals surface area (Å²) in [6.45, 7) is 0.